The average molecular weight is 154 g/mol. The van der Waals surface area contributed by atoms with Gasteiger partial charge in [0, 0.05) is 5.25 Å². The van der Waals surface area contributed by atoms with Crippen molar-refractivity contribution in [2.75, 3.05) is 12.0 Å². The van der Waals surface area contributed by atoms with Gasteiger partial charge in [-0.25, -0.2) is 0 Å². The highest BCUT2D eigenvalue weighted by Gasteiger charge is 2.14. The molecule has 1 rings (SSSR count). The first kappa shape index (κ1) is 6.17. The second kappa shape index (κ2) is 2.55. The minimum Gasteiger partial charge on any atom is -0.197 e. The predicted molar refractivity (Wildman–Crippen MR) is 44.4 cm³/mol. The molecular formula is C4H10S3. The molecule has 7 heavy (non-hydrogen) atoms. The molecule has 0 bridgehead atoms. The highest BCUT2D eigenvalue weighted by Crippen LogP contribution is 2.55. The van der Waals surface area contributed by atoms with Gasteiger partial charge in [0.25, 0.3) is 0 Å². The van der Waals surface area contributed by atoms with E-state index in [1.54, 1.807) is 0 Å². The summed E-state index contributed by atoms with van der Waals surface area (Å²) in [4.78, 5) is 0. The third-order valence-corrected chi connectivity index (χ3v) is 8.51. The van der Waals surface area contributed by atoms with Gasteiger partial charge in [-0.05, 0) is 21.8 Å². The van der Waals surface area contributed by atoms with Gasteiger partial charge in [0.1, 0.15) is 0 Å². The quantitative estimate of drug-likeness (QED) is 0.420. The zero-order valence-electron chi connectivity index (χ0n) is 4.55. The van der Waals surface area contributed by atoms with Crippen molar-refractivity contribution in [3.8, 4) is 0 Å². The molecule has 0 N–H and O–H groups in total. The molecule has 1 aliphatic heterocycles. The number of rotatable bonds is 0. The molecule has 1 aliphatic rings. The molecule has 0 saturated carbocycles. The van der Waals surface area contributed by atoms with Crippen molar-refractivity contribution in [2.24, 2.45) is 0 Å². The Kier molecular flexibility index (Phi) is 2.25. The molecule has 0 amide bonds. The standard InChI is InChI=1S/C4H10S3/c1-4-3-7(2)6-5-4/h4,7H,3H2,1-2H3. The molecule has 0 aliphatic carbocycles. The van der Waals surface area contributed by atoms with Gasteiger partial charge < -0.3 is 0 Å². The Hall–Kier alpha value is 1.05. The van der Waals surface area contributed by atoms with Gasteiger partial charge in [-0.1, -0.05) is 17.7 Å². The van der Waals surface area contributed by atoms with E-state index in [2.05, 4.69) is 33.8 Å². The van der Waals surface area contributed by atoms with Gasteiger partial charge >= 0.3 is 0 Å². The summed E-state index contributed by atoms with van der Waals surface area (Å²) < 4.78 is 0. The van der Waals surface area contributed by atoms with Crippen LogP contribution >= 0.6 is 30.5 Å². The van der Waals surface area contributed by atoms with Crippen molar-refractivity contribution >= 4 is 30.5 Å². The molecule has 2 atom stereocenters. The Labute approximate surface area is 55.0 Å². The molecule has 3 heteroatoms. The fraction of sp³-hybridized carbons (Fsp3) is 1.00. The van der Waals surface area contributed by atoms with Gasteiger partial charge in [-0.2, -0.15) is 9.93 Å². The van der Waals surface area contributed by atoms with Crippen LogP contribution in [0.4, 0.5) is 0 Å². The highest BCUT2D eigenvalue weighted by atomic mass is 33.5. The van der Waals surface area contributed by atoms with E-state index in [1.165, 1.54) is 5.75 Å². The summed E-state index contributed by atoms with van der Waals surface area (Å²) in [6.07, 6.45) is 2.36. The average Bonchev–Trinajstić information content (AvgIpc) is 1.87. The second-order valence-corrected chi connectivity index (χ2v) is 8.80. The van der Waals surface area contributed by atoms with Gasteiger partial charge in [0.2, 0.25) is 0 Å². The monoisotopic (exact) mass is 154 g/mol. The predicted octanol–water partition coefficient (Wildman–Crippen LogP) is 2.32. The van der Waals surface area contributed by atoms with E-state index >= 15 is 0 Å². The Morgan fingerprint density at radius 1 is 1.71 bits per heavy atom. The lowest BCUT2D eigenvalue weighted by Crippen LogP contribution is -1.91. The first-order valence-corrected chi connectivity index (χ1v) is 7.13. The van der Waals surface area contributed by atoms with Crippen LogP contribution in [0.3, 0.4) is 0 Å². The zero-order chi connectivity index (χ0) is 5.28. The van der Waals surface area contributed by atoms with Crippen LogP contribution in [0.1, 0.15) is 6.92 Å². The summed E-state index contributed by atoms with van der Waals surface area (Å²) in [5, 5.41) is 0.932. The van der Waals surface area contributed by atoms with Gasteiger partial charge in [0.05, 0.1) is 0 Å². The van der Waals surface area contributed by atoms with Crippen LogP contribution in [-0.4, -0.2) is 17.3 Å². The first-order chi connectivity index (χ1) is 3.29. The lowest BCUT2D eigenvalue weighted by Gasteiger charge is -1.98. The molecule has 1 heterocycles. The van der Waals surface area contributed by atoms with E-state index in [0.717, 1.165) is 5.25 Å². The third kappa shape index (κ3) is 1.78. The molecule has 0 aromatic rings. The highest BCUT2D eigenvalue weighted by molar-refractivity contribution is 9.15. The van der Waals surface area contributed by atoms with Crippen LogP contribution < -0.4 is 0 Å². The minimum atomic E-state index is 0.375. The SMILES string of the molecule is CC1C[SH](C)SS1. The van der Waals surface area contributed by atoms with E-state index < -0.39 is 0 Å². The largest absolute Gasteiger partial charge is 0.197 e. The molecule has 0 nitrogen and oxygen atoms in total. The maximum atomic E-state index is 2.36. The molecule has 0 radical (unpaired) electrons. The molecule has 44 valence electrons. The van der Waals surface area contributed by atoms with Crippen molar-refractivity contribution in [1.29, 1.82) is 0 Å². The van der Waals surface area contributed by atoms with Crippen molar-refractivity contribution in [3.63, 3.8) is 0 Å². The summed E-state index contributed by atoms with van der Waals surface area (Å²) >= 11 is 0. The Morgan fingerprint density at radius 2 is 2.43 bits per heavy atom. The van der Waals surface area contributed by atoms with Gasteiger partial charge in [-0.3, -0.25) is 0 Å². The zero-order valence-corrected chi connectivity index (χ0v) is 7.08. The number of hydrogen-bond acceptors (Lipinski definition) is 2. The molecule has 0 spiro atoms. The summed E-state index contributed by atoms with van der Waals surface area (Å²) in [5.74, 6) is 1.46. The maximum absolute atomic E-state index is 2.36. The topological polar surface area (TPSA) is 0 Å². The van der Waals surface area contributed by atoms with Crippen molar-refractivity contribution < 1.29 is 0 Å². The van der Waals surface area contributed by atoms with E-state index in [4.69, 9.17) is 0 Å². The molecule has 1 fully saturated rings. The first-order valence-electron chi connectivity index (χ1n) is 2.33. The second-order valence-electron chi connectivity index (χ2n) is 1.79. The van der Waals surface area contributed by atoms with Crippen molar-refractivity contribution in [3.05, 3.63) is 0 Å². The number of hydrogen-bond donors (Lipinski definition) is 1. The Bertz CT molecular complexity index is 56.0. The van der Waals surface area contributed by atoms with E-state index in [0.29, 0.717) is 9.93 Å². The summed E-state index contributed by atoms with van der Waals surface area (Å²) in [6, 6.07) is 0. The maximum Gasteiger partial charge on any atom is 0.0212 e. The summed E-state index contributed by atoms with van der Waals surface area (Å²) in [6.45, 7) is 2.31. The summed E-state index contributed by atoms with van der Waals surface area (Å²) in [5.41, 5.74) is 0. The smallest absolute Gasteiger partial charge is 0.0212 e. The fourth-order valence-electron chi connectivity index (χ4n) is 0.570. The molecule has 0 aromatic heterocycles. The van der Waals surface area contributed by atoms with Crippen LogP contribution in [0.25, 0.3) is 0 Å². The van der Waals surface area contributed by atoms with E-state index in [1.807, 2.05) is 0 Å². The van der Waals surface area contributed by atoms with Crippen molar-refractivity contribution in [2.45, 2.75) is 12.2 Å². The van der Waals surface area contributed by atoms with Crippen molar-refractivity contribution in [1.82, 2.24) is 0 Å². The normalized spacial score (nSPS) is 47.1. The van der Waals surface area contributed by atoms with Gasteiger partial charge in [-0.15, -0.1) is 0 Å². The molecular weight excluding hydrogens is 144 g/mol. The molecule has 2 unspecified atom stereocenters. The molecule has 0 aromatic carbocycles. The minimum absolute atomic E-state index is 0.375. The fourth-order valence-corrected chi connectivity index (χ4v) is 8.32. The summed E-state index contributed by atoms with van der Waals surface area (Å²) in [7, 11) is 4.51. The van der Waals surface area contributed by atoms with E-state index in [-0.39, 0.29) is 0 Å². The van der Waals surface area contributed by atoms with Crippen LogP contribution in [0.5, 0.6) is 0 Å². The van der Waals surface area contributed by atoms with Crippen LogP contribution in [-0.2, 0) is 0 Å². The third-order valence-electron chi connectivity index (χ3n) is 0.849. The number of thiol groups is 1. The Morgan fingerprint density at radius 3 is 2.57 bits per heavy atom. The molecule has 1 saturated heterocycles. The van der Waals surface area contributed by atoms with Gasteiger partial charge in [0.15, 0.2) is 0 Å². The lowest BCUT2D eigenvalue weighted by molar-refractivity contribution is 1.14. The van der Waals surface area contributed by atoms with E-state index in [9.17, 15) is 0 Å². The van der Waals surface area contributed by atoms with Crippen LogP contribution in [0.2, 0.25) is 0 Å². The Balaban J connectivity index is 2.26. The van der Waals surface area contributed by atoms with Crippen LogP contribution in [0, 0.1) is 0 Å². The van der Waals surface area contributed by atoms with Crippen LogP contribution in [0.15, 0.2) is 0 Å². The lowest BCUT2D eigenvalue weighted by atomic mass is 10.6.